The van der Waals surface area contributed by atoms with E-state index in [1.165, 1.54) is 115 Å². The molecule has 0 bridgehead atoms. The van der Waals surface area contributed by atoms with Gasteiger partial charge in [0.2, 0.25) is 0 Å². The highest BCUT2D eigenvalue weighted by Gasteiger charge is 2.06. The van der Waals surface area contributed by atoms with Crippen LogP contribution < -0.4 is 0 Å². The topological polar surface area (TPSA) is 9.23 Å². The molecule has 0 aromatic rings. The van der Waals surface area contributed by atoms with Crippen LogP contribution in [0, 0.1) is 0 Å². The smallest absolute Gasteiger partial charge is 0.0398 e. The highest BCUT2D eigenvalue weighted by molar-refractivity contribution is 7.52. The van der Waals surface area contributed by atoms with Gasteiger partial charge in [-0.25, -0.2) is 0 Å². The molecule has 0 aliphatic rings. The van der Waals surface area contributed by atoms with Gasteiger partial charge < -0.3 is 4.52 Å². The fourth-order valence-corrected chi connectivity index (χ4v) is 4.88. The van der Waals surface area contributed by atoms with Crippen molar-refractivity contribution in [2.24, 2.45) is 0 Å². The predicted molar refractivity (Wildman–Crippen MR) is 109 cm³/mol. The zero-order chi connectivity index (χ0) is 17.0. The minimum absolute atomic E-state index is 0.119. The Kier molecular flexibility index (Phi) is 20.8. The van der Waals surface area contributed by atoms with Gasteiger partial charge in [0.1, 0.15) is 0 Å². The van der Waals surface area contributed by atoms with Gasteiger partial charge in [-0.1, -0.05) is 104 Å². The van der Waals surface area contributed by atoms with Crippen molar-refractivity contribution < 1.29 is 4.52 Å². The lowest BCUT2D eigenvalue weighted by molar-refractivity contribution is 0.455. The van der Waals surface area contributed by atoms with Crippen molar-refractivity contribution in [3.8, 4) is 0 Å². The first-order valence-corrected chi connectivity index (χ1v) is 12.3. The fourth-order valence-electron chi connectivity index (χ4n) is 3.14. The van der Waals surface area contributed by atoms with Crippen molar-refractivity contribution in [1.82, 2.24) is 0 Å². The summed E-state index contributed by atoms with van der Waals surface area (Å²) in [6.07, 6.45) is 25.4. The summed E-state index contributed by atoms with van der Waals surface area (Å²) in [6.45, 7) is 4.58. The van der Waals surface area contributed by atoms with Crippen LogP contribution in [0.4, 0.5) is 0 Å². The second-order valence-electron chi connectivity index (χ2n) is 7.06. The highest BCUT2D eigenvalue weighted by atomic mass is 31.1. The molecule has 0 unspecified atom stereocenters. The molecule has 0 rings (SSSR count). The van der Waals surface area contributed by atoms with Gasteiger partial charge in [-0.2, -0.15) is 0 Å². The summed E-state index contributed by atoms with van der Waals surface area (Å²) in [4.78, 5) is 0. The Balaban J connectivity index is 3.29. The van der Waals surface area contributed by atoms with E-state index in [1.807, 2.05) is 7.11 Å². The normalized spacial score (nSPS) is 11.5. The van der Waals surface area contributed by atoms with Crippen LogP contribution in [0.2, 0.25) is 0 Å². The average Bonchev–Trinajstić information content (AvgIpc) is 2.57. The Labute approximate surface area is 149 Å². The SMILES string of the molecule is CCCCCCCCCCP(CCCCCCCCCC)OC. The molecule has 0 aliphatic heterocycles. The molecule has 0 aliphatic carbocycles. The zero-order valence-electron chi connectivity index (χ0n) is 16.6. The minimum atomic E-state index is -0.119. The second kappa shape index (κ2) is 20.4. The molecule has 0 saturated heterocycles. The first-order valence-electron chi connectivity index (χ1n) is 10.6. The molecular formula is C21H45OP. The lowest BCUT2D eigenvalue weighted by atomic mass is 10.1. The van der Waals surface area contributed by atoms with E-state index in [0.29, 0.717) is 0 Å². The van der Waals surface area contributed by atoms with Gasteiger partial charge >= 0.3 is 0 Å². The minimum Gasteiger partial charge on any atom is -0.362 e. The first kappa shape index (κ1) is 23.4. The van der Waals surface area contributed by atoms with E-state index in [4.69, 9.17) is 4.52 Å². The Morgan fingerprint density at radius 1 is 0.478 bits per heavy atom. The monoisotopic (exact) mass is 344 g/mol. The third kappa shape index (κ3) is 18.6. The summed E-state index contributed by atoms with van der Waals surface area (Å²) >= 11 is 0. The van der Waals surface area contributed by atoms with Gasteiger partial charge in [-0.15, -0.1) is 0 Å². The van der Waals surface area contributed by atoms with Gasteiger partial charge in [0.05, 0.1) is 0 Å². The van der Waals surface area contributed by atoms with Gasteiger partial charge in [0, 0.05) is 15.3 Å². The molecule has 0 atom stereocenters. The van der Waals surface area contributed by atoms with Crippen LogP contribution in [-0.4, -0.2) is 19.4 Å². The van der Waals surface area contributed by atoms with Crippen LogP contribution in [0.3, 0.4) is 0 Å². The predicted octanol–water partition coefficient (Wildman–Crippen LogP) is 8.31. The highest BCUT2D eigenvalue weighted by Crippen LogP contribution is 2.38. The van der Waals surface area contributed by atoms with E-state index in [1.54, 1.807) is 0 Å². The third-order valence-electron chi connectivity index (χ3n) is 4.78. The quantitative estimate of drug-likeness (QED) is 0.169. The number of rotatable bonds is 19. The van der Waals surface area contributed by atoms with Gasteiger partial charge in [-0.3, -0.25) is 0 Å². The maximum atomic E-state index is 5.73. The lowest BCUT2D eigenvalue weighted by Crippen LogP contribution is -1.94. The average molecular weight is 345 g/mol. The molecular weight excluding hydrogens is 299 g/mol. The molecule has 0 heterocycles. The van der Waals surface area contributed by atoms with Crippen molar-refractivity contribution in [1.29, 1.82) is 0 Å². The molecule has 23 heavy (non-hydrogen) atoms. The van der Waals surface area contributed by atoms with E-state index < -0.39 is 0 Å². The molecule has 0 aromatic heterocycles. The van der Waals surface area contributed by atoms with Crippen LogP contribution in [0.15, 0.2) is 0 Å². The molecule has 0 aromatic carbocycles. The first-order chi connectivity index (χ1) is 11.3. The van der Waals surface area contributed by atoms with E-state index in [9.17, 15) is 0 Å². The molecule has 2 heteroatoms. The molecule has 0 fully saturated rings. The standard InChI is InChI=1S/C21H45OP/c1-4-6-8-10-12-14-16-18-20-23(22-3)21-19-17-15-13-11-9-7-5-2/h4-21H2,1-3H3. The molecule has 0 radical (unpaired) electrons. The van der Waals surface area contributed by atoms with E-state index in [0.717, 1.165) is 0 Å². The molecule has 0 amide bonds. The van der Waals surface area contributed by atoms with Crippen LogP contribution in [0.5, 0.6) is 0 Å². The van der Waals surface area contributed by atoms with Crippen molar-refractivity contribution in [3.05, 3.63) is 0 Å². The van der Waals surface area contributed by atoms with Crippen molar-refractivity contribution in [2.75, 3.05) is 19.4 Å². The van der Waals surface area contributed by atoms with Gasteiger partial charge in [0.15, 0.2) is 0 Å². The summed E-state index contributed by atoms with van der Waals surface area (Å²) in [5.74, 6) is 0. The van der Waals surface area contributed by atoms with Gasteiger partial charge in [0.25, 0.3) is 0 Å². The molecule has 140 valence electrons. The zero-order valence-corrected chi connectivity index (χ0v) is 17.5. The molecule has 0 N–H and O–H groups in total. The van der Waals surface area contributed by atoms with Crippen molar-refractivity contribution in [3.63, 3.8) is 0 Å². The Hall–Kier alpha value is 0.390. The van der Waals surface area contributed by atoms with Crippen molar-refractivity contribution >= 4 is 8.15 Å². The van der Waals surface area contributed by atoms with Crippen LogP contribution in [0.1, 0.15) is 117 Å². The fraction of sp³-hybridized carbons (Fsp3) is 1.00. The van der Waals surface area contributed by atoms with Crippen molar-refractivity contribution in [2.45, 2.75) is 117 Å². The Morgan fingerprint density at radius 3 is 1.09 bits per heavy atom. The molecule has 0 spiro atoms. The summed E-state index contributed by atoms with van der Waals surface area (Å²) in [7, 11) is 1.81. The largest absolute Gasteiger partial charge is 0.362 e. The number of unbranched alkanes of at least 4 members (excludes halogenated alkanes) is 14. The summed E-state index contributed by atoms with van der Waals surface area (Å²) in [5.41, 5.74) is 0. The maximum absolute atomic E-state index is 5.73. The Morgan fingerprint density at radius 2 is 0.783 bits per heavy atom. The van der Waals surface area contributed by atoms with E-state index in [-0.39, 0.29) is 8.15 Å². The van der Waals surface area contributed by atoms with E-state index in [2.05, 4.69) is 13.8 Å². The van der Waals surface area contributed by atoms with E-state index >= 15 is 0 Å². The second-order valence-corrected chi connectivity index (χ2v) is 9.28. The number of hydrogen-bond donors (Lipinski definition) is 0. The maximum Gasteiger partial charge on any atom is 0.0398 e. The molecule has 0 saturated carbocycles. The summed E-state index contributed by atoms with van der Waals surface area (Å²) in [6, 6.07) is 0. The van der Waals surface area contributed by atoms with Crippen LogP contribution in [-0.2, 0) is 4.52 Å². The Bertz CT molecular complexity index is 188. The van der Waals surface area contributed by atoms with Gasteiger partial charge in [-0.05, 0) is 25.2 Å². The van der Waals surface area contributed by atoms with Crippen LogP contribution in [0.25, 0.3) is 0 Å². The summed E-state index contributed by atoms with van der Waals surface area (Å²) in [5, 5.41) is 0. The number of hydrogen-bond acceptors (Lipinski definition) is 1. The lowest BCUT2D eigenvalue weighted by Gasteiger charge is -2.15. The molecule has 1 nitrogen and oxygen atoms in total. The summed E-state index contributed by atoms with van der Waals surface area (Å²) < 4.78 is 5.73. The third-order valence-corrected chi connectivity index (χ3v) is 6.93. The van der Waals surface area contributed by atoms with Crippen LogP contribution >= 0.6 is 8.15 Å².